The lowest BCUT2D eigenvalue weighted by atomic mass is 9.78. The maximum atomic E-state index is 14.8. The van der Waals surface area contributed by atoms with Crippen LogP contribution in [0.5, 0.6) is 0 Å². The number of nitrogens with zero attached hydrogens (tertiary/aromatic N) is 1. The number of hydrogen-bond acceptors (Lipinski definition) is 7. The second-order valence-corrected chi connectivity index (χ2v) is 13.7. The van der Waals surface area contributed by atoms with E-state index in [9.17, 15) is 32.7 Å². The smallest absolute Gasteiger partial charge is 0.331 e. The maximum Gasteiger partial charge on any atom is 0.331 e. The average Bonchev–Trinajstić information content (AvgIpc) is 2.97. The van der Waals surface area contributed by atoms with Gasteiger partial charge in [0, 0.05) is 21.8 Å². The summed E-state index contributed by atoms with van der Waals surface area (Å²) >= 11 is 1.92. The van der Waals surface area contributed by atoms with Crippen LogP contribution >= 0.6 is 22.6 Å². The van der Waals surface area contributed by atoms with E-state index in [2.05, 4.69) is 10.6 Å². The Balaban J connectivity index is 1.28. The van der Waals surface area contributed by atoms with Crippen LogP contribution in [0, 0.1) is 32.9 Å². The Morgan fingerprint density at radius 1 is 1.13 bits per heavy atom. The van der Waals surface area contributed by atoms with Gasteiger partial charge in [-0.3, -0.25) is 4.79 Å². The molecule has 0 saturated carbocycles. The zero-order valence-electron chi connectivity index (χ0n) is 25.7. The summed E-state index contributed by atoms with van der Waals surface area (Å²) in [4.78, 5) is 37.3. The molecule has 1 amide bonds. The molecule has 0 aromatic heterocycles. The van der Waals surface area contributed by atoms with E-state index in [1.807, 2.05) is 36.4 Å². The molecule has 2 fully saturated rings. The number of β-amino-alcohol motifs (C(OH)–C–C–N with tert-alkyl or cyclic N) is 1. The molecular weight excluding hydrogens is 718 g/mol. The van der Waals surface area contributed by atoms with Crippen molar-refractivity contribution in [3.63, 3.8) is 0 Å². The molecular formula is C33H39F3IN3O6. The van der Waals surface area contributed by atoms with E-state index in [0.29, 0.717) is 41.2 Å². The summed E-state index contributed by atoms with van der Waals surface area (Å²) < 4.78 is 49.5. The molecule has 2 heterocycles. The van der Waals surface area contributed by atoms with Gasteiger partial charge in [-0.15, -0.1) is 0 Å². The number of benzene rings is 2. The van der Waals surface area contributed by atoms with E-state index < -0.39 is 46.6 Å². The summed E-state index contributed by atoms with van der Waals surface area (Å²) in [6, 6.07) is 5.93. The molecule has 2 aromatic carbocycles. The van der Waals surface area contributed by atoms with Crippen molar-refractivity contribution in [3.05, 3.63) is 69.1 Å². The van der Waals surface area contributed by atoms with Gasteiger partial charge in [-0.25, -0.2) is 22.8 Å². The van der Waals surface area contributed by atoms with Crippen molar-refractivity contribution in [1.82, 2.24) is 10.2 Å². The molecule has 13 heteroatoms. The number of likely N-dealkylation sites (tertiary alicyclic amines) is 1. The number of hydrogen-bond donors (Lipinski definition) is 4. The summed E-state index contributed by atoms with van der Waals surface area (Å²) in [5.41, 5.74) is -1.93. The van der Waals surface area contributed by atoms with Gasteiger partial charge in [-0.05, 0) is 110 Å². The molecule has 2 unspecified atom stereocenters. The fraction of sp³-hybridized carbons (Fsp3) is 0.485. The molecule has 0 radical (unpaired) electrons. The fourth-order valence-corrected chi connectivity index (χ4v) is 6.53. The SMILES string of the molecule is CC(C)CC(CCCC1CC[C@@H](C2(O)CN(C(=O)c3ccc(F)c(F)c3Nc3ccc(I)cc3F)C2)NC1)OC(=O)/C=C/C(=O)O. The Hall–Kier alpha value is -3.17. The standard InChI is InChI=1S/C33H39F3IN3O6/c1-19(2)14-22(46-29(43)13-12-28(41)42)5-3-4-20-6-11-27(38-16-20)33(45)17-40(18-33)32(44)23-8-9-24(34)30(36)31(23)39-26-10-7-21(37)15-25(26)35/h7-10,12-13,15,19-20,22,27,38-39,45H,3-6,11,14,16-18H2,1-2H3,(H,41,42)/b13-12+/t20?,22?,27-/m0/s1. The van der Waals surface area contributed by atoms with Gasteiger partial charge in [-0.2, -0.15) is 0 Å². The highest BCUT2D eigenvalue weighted by Crippen LogP contribution is 2.35. The molecule has 3 atom stereocenters. The number of aliphatic carboxylic acids is 1. The molecule has 0 aliphatic carbocycles. The van der Waals surface area contributed by atoms with E-state index in [-0.39, 0.29) is 36.5 Å². The van der Waals surface area contributed by atoms with Crippen LogP contribution in [0.1, 0.15) is 62.7 Å². The predicted molar refractivity (Wildman–Crippen MR) is 174 cm³/mol. The quantitative estimate of drug-likeness (QED) is 0.115. The number of halogens is 4. The number of esters is 1. The second-order valence-electron chi connectivity index (χ2n) is 12.5. The Labute approximate surface area is 279 Å². The van der Waals surface area contributed by atoms with E-state index in [1.54, 1.807) is 6.07 Å². The largest absolute Gasteiger partial charge is 0.478 e. The fourth-order valence-electron chi connectivity index (χ4n) is 6.07. The molecule has 2 saturated heterocycles. The topological polar surface area (TPSA) is 128 Å². The lowest BCUT2D eigenvalue weighted by Gasteiger charge is -2.52. The number of amides is 1. The van der Waals surface area contributed by atoms with Gasteiger partial charge in [0.2, 0.25) is 0 Å². The van der Waals surface area contributed by atoms with Crippen LogP contribution in [0.3, 0.4) is 0 Å². The Kier molecular flexibility index (Phi) is 12.1. The Bertz CT molecular complexity index is 1460. The number of piperidine rings is 1. The normalized spacial score (nSPS) is 20.0. The Morgan fingerprint density at radius 3 is 2.50 bits per heavy atom. The lowest BCUT2D eigenvalue weighted by Crippen LogP contribution is -2.72. The first-order valence-corrected chi connectivity index (χ1v) is 16.4. The summed E-state index contributed by atoms with van der Waals surface area (Å²) in [6.45, 7) is 4.72. The number of nitrogens with one attached hydrogen (secondary N) is 2. The third-order valence-corrected chi connectivity index (χ3v) is 9.09. The van der Waals surface area contributed by atoms with Crippen LogP contribution in [0.15, 0.2) is 42.5 Å². The third-order valence-electron chi connectivity index (χ3n) is 8.42. The summed E-state index contributed by atoms with van der Waals surface area (Å²) in [7, 11) is 0. The van der Waals surface area contributed by atoms with Gasteiger partial charge in [-0.1, -0.05) is 13.8 Å². The number of carbonyl (C=O) groups is 3. The van der Waals surface area contributed by atoms with Crippen molar-refractivity contribution in [3.8, 4) is 0 Å². The number of carboxylic acids is 1. The van der Waals surface area contributed by atoms with Crippen molar-refractivity contribution in [2.45, 2.75) is 70.1 Å². The van der Waals surface area contributed by atoms with Crippen LogP contribution in [-0.2, 0) is 14.3 Å². The van der Waals surface area contributed by atoms with Crippen LogP contribution < -0.4 is 10.6 Å². The van der Waals surface area contributed by atoms with Gasteiger partial charge >= 0.3 is 11.9 Å². The number of ether oxygens (including phenoxy) is 1. The van der Waals surface area contributed by atoms with E-state index in [1.165, 1.54) is 17.0 Å². The van der Waals surface area contributed by atoms with Crippen LogP contribution in [0.2, 0.25) is 0 Å². The number of anilines is 2. The molecule has 0 spiro atoms. The van der Waals surface area contributed by atoms with E-state index >= 15 is 0 Å². The molecule has 9 nitrogen and oxygen atoms in total. The van der Waals surface area contributed by atoms with Crippen molar-refractivity contribution >= 4 is 51.8 Å². The van der Waals surface area contributed by atoms with Gasteiger partial charge in [0.05, 0.1) is 30.0 Å². The molecule has 2 aromatic rings. The number of aliphatic hydroxyl groups is 1. The molecule has 46 heavy (non-hydrogen) atoms. The van der Waals surface area contributed by atoms with Crippen molar-refractivity contribution < 1.29 is 42.5 Å². The predicted octanol–water partition coefficient (Wildman–Crippen LogP) is 5.78. The molecule has 4 rings (SSSR count). The van der Waals surface area contributed by atoms with Crippen molar-refractivity contribution in [2.24, 2.45) is 11.8 Å². The minimum atomic E-state index is -1.30. The first kappa shape index (κ1) is 35.7. The Morgan fingerprint density at radius 2 is 1.87 bits per heavy atom. The first-order chi connectivity index (χ1) is 21.8. The summed E-state index contributed by atoms with van der Waals surface area (Å²) in [6.07, 6.45) is 5.92. The average molecular weight is 758 g/mol. The number of carbonyl (C=O) groups excluding carboxylic acids is 2. The minimum Gasteiger partial charge on any atom is -0.478 e. The van der Waals surface area contributed by atoms with E-state index in [4.69, 9.17) is 9.84 Å². The highest BCUT2D eigenvalue weighted by molar-refractivity contribution is 14.1. The van der Waals surface area contributed by atoms with Gasteiger partial charge in [0.25, 0.3) is 5.91 Å². The highest BCUT2D eigenvalue weighted by Gasteiger charge is 2.50. The first-order valence-electron chi connectivity index (χ1n) is 15.3. The molecule has 0 bridgehead atoms. The monoisotopic (exact) mass is 757 g/mol. The van der Waals surface area contributed by atoms with Gasteiger partial charge < -0.3 is 30.5 Å². The summed E-state index contributed by atoms with van der Waals surface area (Å²) in [5, 5.41) is 26.0. The van der Waals surface area contributed by atoms with Crippen LogP contribution in [-0.4, -0.2) is 70.3 Å². The molecule has 2 aliphatic rings. The third kappa shape index (κ3) is 9.22. The van der Waals surface area contributed by atoms with Gasteiger partial charge in [0.15, 0.2) is 11.6 Å². The zero-order chi connectivity index (χ0) is 33.6. The zero-order valence-corrected chi connectivity index (χ0v) is 27.9. The lowest BCUT2D eigenvalue weighted by molar-refractivity contribution is -0.144. The van der Waals surface area contributed by atoms with Crippen LogP contribution in [0.25, 0.3) is 0 Å². The van der Waals surface area contributed by atoms with Crippen LogP contribution in [0.4, 0.5) is 24.5 Å². The molecule has 250 valence electrons. The minimum absolute atomic E-state index is 0.00305. The number of carboxylic acid groups (broad SMARTS) is 1. The van der Waals surface area contributed by atoms with Gasteiger partial charge in [0.1, 0.15) is 17.5 Å². The summed E-state index contributed by atoms with van der Waals surface area (Å²) in [5.74, 6) is -5.02. The highest BCUT2D eigenvalue weighted by atomic mass is 127. The van der Waals surface area contributed by atoms with Crippen molar-refractivity contribution in [2.75, 3.05) is 25.0 Å². The molecule has 2 aliphatic heterocycles. The van der Waals surface area contributed by atoms with Crippen molar-refractivity contribution in [1.29, 1.82) is 0 Å². The number of rotatable bonds is 13. The maximum absolute atomic E-state index is 14.8. The second kappa shape index (κ2) is 15.6. The van der Waals surface area contributed by atoms with E-state index in [0.717, 1.165) is 43.5 Å². The molecule has 4 N–H and O–H groups in total.